The van der Waals surface area contributed by atoms with Gasteiger partial charge in [0.25, 0.3) is 0 Å². The molecule has 0 aliphatic heterocycles. The summed E-state index contributed by atoms with van der Waals surface area (Å²) < 4.78 is 4.37. The molecule has 1 radical (unpaired) electrons. The number of carbonyl (C=O) groups is 2. The number of Topliss-reactive ketones (excluding diaryl/α,β-unsaturated/α-hetero) is 1. The summed E-state index contributed by atoms with van der Waals surface area (Å²) in [6.07, 6.45) is 0.774. The van der Waals surface area contributed by atoms with Gasteiger partial charge in [-0.15, -0.1) is 0 Å². The Hall–Kier alpha value is -1.91. The molecule has 14 heavy (non-hydrogen) atoms. The number of carbonyl (C=O) groups excluding carboxylic acids is 2. The van der Waals surface area contributed by atoms with Crippen LogP contribution >= 0.6 is 0 Å². The van der Waals surface area contributed by atoms with Crippen molar-refractivity contribution in [2.75, 3.05) is 12.4 Å². The van der Waals surface area contributed by atoms with Crippen molar-refractivity contribution in [2.45, 2.75) is 0 Å². The number of amides is 1. The standard InChI is InChI=1S/C9H9N2O3/c1-6(12)8-4-3-7(5-10-8)11-9(13)14-2/h3-5H,1H2,2H3,(H,11,13). The van der Waals surface area contributed by atoms with Gasteiger partial charge in [-0.05, 0) is 12.1 Å². The average molecular weight is 193 g/mol. The molecule has 1 amide bonds. The van der Waals surface area contributed by atoms with Crippen molar-refractivity contribution in [1.29, 1.82) is 0 Å². The van der Waals surface area contributed by atoms with Crippen LogP contribution in [0.25, 0.3) is 0 Å². The van der Waals surface area contributed by atoms with E-state index in [0.29, 0.717) is 5.69 Å². The zero-order chi connectivity index (χ0) is 10.6. The van der Waals surface area contributed by atoms with E-state index in [2.05, 4.69) is 22.0 Å². The van der Waals surface area contributed by atoms with Gasteiger partial charge in [0.1, 0.15) is 5.69 Å². The van der Waals surface area contributed by atoms with Crippen molar-refractivity contribution in [3.8, 4) is 0 Å². The predicted octanol–water partition coefficient (Wildman–Crippen LogP) is 1.28. The third-order valence-corrected chi connectivity index (χ3v) is 1.48. The molecule has 0 unspecified atom stereocenters. The van der Waals surface area contributed by atoms with Crippen LogP contribution in [0.3, 0.4) is 0 Å². The van der Waals surface area contributed by atoms with Crippen molar-refractivity contribution >= 4 is 17.6 Å². The first-order valence-corrected chi connectivity index (χ1v) is 3.81. The summed E-state index contributed by atoms with van der Waals surface area (Å²) in [5, 5.41) is 2.40. The van der Waals surface area contributed by atoms with Gasteiger partial charge in [-0.25, -0.2) is 4.79 Å². The molecule has 73 valence electrons. The molecule has 1 aromatic rings. The van der Waals surface area contributed by atoms with E-state index in [1.165, 1.54) is 19.4 Å². The lowest BCUT2D eigenvalue weighted by molar-refractivity contribution is 0.104. The van der Waals surface area contributed by atoms with Gasteiger partial charge < -0.3 is 4.74 Å². The maximum Gasteiger partial charge on any atom is 0.411 e. The highest BCUT2D eigenvalue weighted by atomic mass is 16.5. The van der Waals surface area contributed by atoms with Crippen LogP contribution in [-0.2, 0) is 4.74 Å². The Kier molecular flexibility index (Phi) is 3.17. The van der Waals surface area contributed by atoms with Crippen LogP contribution in [0.15, 0.2) is 18.3 Å². The molecule has 5 nitrogen and oxygen atoms in total. The van der Waals surface area contributed by atoms with Crippen LogP contribution in [-0.4, -0.2) is 24.0 Å². The monoisotopic (exact) mass is 193 g/mol. The van der Waals surface area contributed by atoms with Gasteiger partial charge in [0, 0.05) is 6.92 Å². The smallest absolute Gasteiger partial charge is 0.411 e. The average Bonchev–Trinajstić information content (AvgIpc) is 2.18. The second-order valence-corrected chi connectivity index (χ2v) is 2.47. The van der Waals surface area contributed by atoms with Gasteiger partial charge in [-0.2, -0.15) is 0 Å². The fraction of sp³-hybridized carbons (Fsp3) is 0.111. The molecule has 0 spiro atoms. The molecule has 1 aromatic heterocycles. The fourth-order valence-corrected chi connectivity index (χ4v) is 0.802. The van der Waals surface area contributed by atoms with Crippen LogP contribution in [0.5, 0.6) is 0 Å². The van der Waals surface area contributed by atoms with Gasteiger partial charge in [-0.1, -0.05) is 0 Å². The Morgan fingerprint density at radius 1 is 1.50 bits per heavy atom. The quantitative estimate of drug-likeness (QED) is 0.718. The van der Waals surface area contributed by atoms with Crippen LogP contribution in [0, 0.1) is 6.92 Å². The number of nitrogens with one attached hydrogen (secondary N) is 1. The normalized spacial score (nSPS) is 9.29. The summed E-state index contributed by atoms with van der Waals surface area (Å²) in [6.45, 7) is 3.20. The van der Waals surface area contributed by atoms with E-state index in [1.54, 1.807) is 6.07 Å². The first-order chi connectivity index (χ1) is 6.63. The third kappa shape index (κ3) is 2.55. The Morgan fingerprint density at radius 2 is 2.21 bits per heavy atom. The second kappa shape index (κ2) is 4.36. The minimum atomic E-state index is -0.583. The number of nitrogens with zero attached hydrogens (tertiary/aromatic N) is 1. The molecule has 0 bridgehead atoms. The third-order valence-electron chi connectivity index (χ3n) is 1.48. The highest BCUT2D eigenvalue weighted by molar-refractivity contribution is 5.97. The van der Waals surface area contributed by atoms with Crippen molar-refractivity contribution in [3.05, 3.63) is 30.9 Å². The molecule has 0 atom stereocenters. The van der Waals surface area contributed by atoms with Crippen molar-refractivity contribution < 1.29 is 14.3 Å². The van der Waals surface area contributed by atoms with E-state index in [9.17, 15) is 9.59 Å². The van der Waals surface area contributed by atoms with Crippen molar-refractivity contribution in [3.63, 3.8) is 0 Å². The lowest BCUT2D eigenvalue weighted by Gasteiger charge is -2.02. The summed E-state index contributed by atoms with van der Waals surface area (Å²) in [5.74, 6) is -0.366. The number of anilines is 1. The molecule has 0 aliphatic carbocycles. The van der Waals surface area contributed by atoms with Gasteiger partial charge in [0.15, 0.2) is 5.78 Å². The lowest BCUT2D eigenvalue weighted by atomic mass is 10.2. The summed E-state index contributed by atoms with van der Waals surface area (Å²) in [7, 11) is 1.26. The highest BCUT2D eigenvalue weighted by Gasteiger charge is 2.03. The first-order valence-electron chi connectivity index (χ1n) is 3.81. The van der Waals surface area contributed by atoms with Crippen molar-refractivity contribution in [1.82, 2.24) is 4.98 Å². The molecule has 1 rings (SSSR count). The Bertz CT molecular complexity index is 346. The molecule has 1 heterocycles. The van der Waals surface area contributed by atoms with Gasteiger partial charge in [0.2, 0.25) is 0 Å². The van der Waals surface area contributed by atoms with Crippen LogP contribution < -0.4 is 5.32 Å². The lowest BCUT2D eigenvalue weighted by Crippen LogP contribution is -2.11. The molecule has 0 aromatic carbocycles. The van der Waals surface area contributed by atoms with Crippen LogP contribution in [0.2, 0.25) is 0 Å². The molecule has 1 N–H and O–H groups in total. The van der Waals surface area contributed by atoms with E-state index >= 15 is 0 Å². The maximum atomic E-state index is 10.8. The number of hydrogen-bond acceptors (Lipinski definition) is 4. The number of methoxy groups -OCH3 is 1. The highest BCUT2D eigenvalue weighted by Crippen LogP contribution is 2.06. The molecule has 0 saturated carbocycles. The van der Waals surface area contributed by atoms with Crippen LogP contribution in [0.1, 0.15) is 10.5 Å². The number of rotatable bonds is 2. The molecule has 0 saturated heterocycles. The number of ether oxygens (including phenoxy) is 1. The van der Waals surface area contributed by atoms with Gasteiger partial charge in [-0.3, -0.25) is 15.1 Å². The van der Waals surface area contributed by atoms with E-state index in [1.807, 2.05) is 0 Å². The molecular formula is C9H9N2O3. The van der Waals surface area contributed by atoms with Gasteiger partial charge >= 0.3 is 6.09 Å². The molecular weight excluding hydrogens is 184 g/mol. The number of pyridine rings is 1. The van der Waals surface area contributed by atoms with E-state index in [4.69, 9.17) is 0 Å². The number of hydrogen-bond donors (Lipinski definition) is 1. The molecule has 0 aliphatic rings. The predicted molar refractivity (Wildman–Crippen MR) is 50.0 cm³/mol. The minimum absolute atomic E-state index is 0.250. The SMILES string of the molecule is [CH2]C(=O)c1ccc(NC(=O)OC)cn1. The number of aromatic nitrogens is 1. The Labute approximate surface area is 81.1 Å². The zero-order valence-electron chi connectivity index (χ0n) is 7.61. The number of ketones is 1. The van der Waals surface area contributed by atoms with E-state index < -0.39 is 6.09 Å². The van der Waals surface area contributed by atoms with Gasteiger partial charge in [0.05, 0.1) is 19.0 Å². The van der Waals surface area contributed by atoms with E-state index in [-0.39, 0.29) is 11.5 Å². The second-order valence-electron chi connectivity index (χ2n) is 2.47. The summed E-state index contributed by atoms with van der Waals surface area (Å²) >= 11 is 0. The topological polar surface area (TPSA) is 68.3 Å². The fourth-order valence-electron chi connectivity index (χ4n) is 0.802. The maximum absolute atomic E-state index is 10.8. The Balaban J connectivity index is 2.73. The van der Waals surface area contributed by atoms with Crippen LogP contribution in [0.4, 0.5) is 10.5 Å². The summed E-state index contributed by atoms with van der Waals surface area (Å²) in [6, 6.07) is 3.02. The largest absolute Gasteiger partial charge is 0.453 e. The Morgan fingerprint density at radius 3 is 2.64 bits per heavy atom. The minimum Gasteiger partial charge on any atom is -0.453 e. The molecule has 0 fully saturated rings. The summed E-state index contributed by atoms with van der Waals surface area (Å²) in [5.41, 5.74) is 0.710. The van der Waals surface area contributed by atoms with E-state index in [0.717, 1.165) is 0 Å². The molecule has 5 heteroatoms. The summed E-state index contributed by atoms with van der Waals surface area (Å²) in [4.78, 5) is 25.3. The van der Waals surface area contributed by atoms with Crippen molar-refractivity contribution in [2.24, 2.45) is 0 Å². The first kappa shape index (κ1) is 10.2. The zero-order valence-corrected chi connectivity index (χ0v) is 7.61.